The van der Waals surface area contributed by atoms with Crippen molar-refractivity contribution in [2.45, 2.75) is 44.4 Å². The van der Waals surface area contributed by atoms with Gasteiger partial charge in [0.1, 0.15) is 5.82 Å². The Morgan fingerprint density at radius 1 is 1.27 bits per heavy atom. The molecule has 2 aromatic rings. The average Bonchev–Trinajstić information content (AvgIpc) is 3.15. The number of sulfone groups is 1. The molecule has 7 heteroatoms. The summed E-state index contributed by atoms with van der Waals surface area (Å²) in [4.78, 5) is 6.49. The van der Waals surface area contributed by atoms with Crippen molar-refractivity contribution >= 4 is 9.84 Å². The van der Waals surface area contributed by atoms with Crippen molar-refractivity contribution in [1.29, 1.82) is 0 Å². The number of halogens is 1. The number of nitrogens with zero attached hydrogens (tertiary/aromatic N) is 3. The molecule has 2 heterocycles. The van der Waals surface area contributed by atoms with Gasteiger partial charge in [-0.3, -0.25) is 4.90 Å². The van der Waals surface area contributed by atoms with Crippen LogP contribution in [0.15, 0.2) is 35.6 Å². The molecule has 5 nitrogen and oxygen atoms in total. The van der Waals surface area contributed by atoms with E-state index in [1.807, 2.05) is 16.7 Å². The van der Waals surface area contributed by atoms with Crippen LogP contribution in [0.2, 0.25) is 0 Å². The van der Waals surface area contributed by atoms with E-state index in [-0.39, 0.29) is 11.0 Å². The van der Waals surface area contributed by atoms with E-state index in [4.69, 9.17) is 0 Å². The maximum absolute atomic E-state index is 13.1. The Hall–Kier alpha value is -1.73. The summed E-state index contributed by atoms with van der Waals surface area (Å²) in [6.07, 6.45) is 3.91. The first-order valence-electron chi connectivity index (χ1n) is 8.96. The highest BCUT2D eigenvalue weighted by molar-refractivity contribution is 7.90. The van der Waals surface area contributed by atoms with Gasteiger partial charge in [-0.15, -0.1) is 0 Å². The molecule has 1 atom stereocenters. The SMILES string of the molecule is CC(C)Cn1c(CN2CC[C@H](c3ccc(F)cc3)C2)cnc1S(C)(=O)=O. The molecule has 0 amide bonds. The summed E-state index contributed by atoms with van der Waals surface area (Å²) in [6, 6.07) is 6.73. The van der Waals surface area contributed by atoms with Gasteiger partial charge < -0.3 is 4.57 Å². The summed E-state index contributed by atoms with van der Waals surface area (Å²) < 4.78 is 39.0. The maximum atomic E-state index is 13.1. The van der Waals surface area contributed by atoms with Crippen molar-refractivity contribution in [1.82, 2.24) is 14.5 Å². The van der Waals surface area contributed by atoms with Gasteiger partial charge in [0.15, 0.2) is 0 Å². The molecule has 1 fully saturated rings. The van der Waals surface area contributed by atoms with E-state index in [2.05, 4.69) is 23.7 Å². The van der Waals surface area contributed by atoms with E-state index < -0.39 is 9.84 Å². The molecule has 26 heavy (non-hydrogen) atoms. The zero-order chi connectivity index (χ0) is 18.9. The molecule has 0 N–H and O–H groups in total. The van der Waals surface area contributed by atoms with Crippen LogP contribution in [0, 0.1) is 11.7 Å². The van der Waals surface area contributed by atoms with Crippen LogP contribution in [-0.4, -0.2) is 42.2 Å². The summed E-state index contributed by atoms with van der Waals surface area (Å²) >= 11 is 0. The highest BCUT2D eigenvalue weighted by Crippen LogP contribution is 2.28. The molecule has 0 spiro atoms. The average molecular weight is 380 g/mol. The Labute approximate surface area is 154 Å². The van der Waals surface area contributed by atoms with Crippen LogP contribution in [0.4, 0.5) is 4.39 Å². The Balaban J connectivity index is 1.75. The third kappa shape index (κ3) is 4.32. The first-order chi connectivity index (χ1) is 12.2. The predicted octanol–water partition coefficient (Wildman–Crippen LogP) is 3.07. The summed E-state index contributed by atoms with van der Waals surface area (Å²) in [5.74, 6) is 0.495. The van der Waals surface area contributed by atoms with Crippen LogP contribution in [0.25, 0.3) is 0 Å². The lowest BCUT2D eigenvalue weighted by Gasteiger charge is -2.19. The van der Waals surface area contributed by atoms with Gasteiger partial charge in [-0.05, 0) is 42.5 Å². The van der Waals surface area contributed by atoms with Gasteiger partial charge in [-0.2, -0.15) is 0 Å². The molecule has 0 bridgehead atoms. The van der Waals surface area contributed by atoms with Crippen LogP contribution in [0.3, 0.4) is 0 Å². The van der Waals surface area contributed by atoms with Crippen molar-refractivity contribution in [3.05, 3.63) is 47.5 Å². The van der Waals surface area contributed by atoms with E-state index >= 15 is 0 Å². The van der Waals surface area contributed by atoms with E-state index in [1.165, 1.54) is 18.4 Å². The smallest absolute Gasteiger partial charge is 0.227 e. The minimum Gasteiger partial charge on any atom is -0.317 e. The van der Waals surface area contributed by atoms with Crippen molar-refractivity contribution in [2.75, 3.05) is 19.3 Å². The highest BCUT2D eigenvalue weighted by atomic mass is 32.2. The third-order valence-corrected chi connectivity index (χ3v) is 5.77. The summed E-state index contributed by atoms with van der Waals surface area (Å²) in [5.41, 5.74) is 2.08. The molecule has 142 valence electrons. The zero-order valence-corrected chi connectivity index (χ0v) is 16.3. The third-order valence-electron chi connectivity index (χ3n) is 4.78. The maximum Gasteiger partial charge on any atom is 0.227 e. The monoisotopic (exact) mass is 379 g/mol. The zero-order valence-electron chi connectivity index (χ0n) is 15.5. The fraction of sp³-hybridized carbons (Fsp3) is 0.526. The Bertz CT molecular complexity index is 859. The van der Waals surface area contributed by atoms with Crippen molar-refractivity contribution in [3.63, 3.8) is 0 Å². The summed E-state index contributed by atoms with van der Waals surface area (Å²) in [7, 11) is -3.35. The molecule has 0 aliphatic carbocycles. The molecule has 0 unspecified atom stereocenters. The highest BCUT2D eigenvalue weighted by Gasteiger charge is 2.26. The second kappa shape index (κ2) is 7.48. The second-order valence-corrected chi connectivity index (χ2v) is 9.49. The molecule has 1 saturated heterocycles. The van der Waals surface area contributed by atoms with E-state index in [9.17, 15) is 12.8 Å². The number of likely N-dealkylation sites (tertiary alicyclic amines) is 1. The molecule has 1 aliphatic rings. The van der Waals surface area contributed by atoms with Gasteiger partial charge in [0.2, 0.25) is 15.0 Å². The summed E-state index contributed by atoms with van der Waals surface area (Å²) in [6.45, 7) is 7.25. The van der Waals surface area contributed by atoms with Crippen molar-refractivity contribution in [2.24, 2.45) is 5.92 Å². The molecule has 1 aromatic carbocycles. The van der Waals surface area contributed by atoms with Crippen molar-refractivity contribution < 1.29 is 12.8 Å². The van der Waals surface area contributed by atoms with Gasteiger partial charge in [-0.1, -0.05) is 26.0 Å². The van der Waals surface area contributed by atoms with E-state index in [1.54, 1.807) is 6.20 Å². The standard InChI is InChI=1S/C19H26FN3O2S/c1-14(2)11-23-18(10-21-19(23)26(3,24)25)13-22-9-8-16(12-22)15-4-6-17(20)7-5-15/h4-7,10,14,16H,8-9,11-13H2,1-3H3/t16-/m0/s1. The molecule has 0 radical (unpaired) electrons. The molecule has 0 saturated carbocycles. The molecule has 1 aliphatic heterocycles. The van der Waals surface area contributed by atoms with E-state index in [0.717, 1.165) is 30.8 Å². The molecule has 3 rings (SSSR count). The topological polar surface area (TPSA) is 55.2 Å². The number of rotatable bonds is 6. The Morgan fingerprint density at radius 3 is 2.58 bits per heavy atom. The molecular weight excluding hydrogens is 353 g/mol. The van der Waals surface area contributed by atoms with Crippen LogP contribution < -0.4 is 0 Å². The van der Waals surface area contributed by atoms with Crippen LogP contribution in [-0.2, 0) is 22.9 Å². The van der Waals surface area contributed by atoms with E-state index in [0.29, 0.717) is 24.9 Å². The fourth-order valence-electron chi connectivity index (χ4n) is 3.59. The lowest BCUT2D eigenvalue weighted by molar-refractivity contribution is 0.311. The Kier molecular flexibility index (Phi) is 5.48. The van der Waals surface area contributed by atoms with Gasteiger partial charge in [0.05, 0.1) is 11.9 Å². The second-order valence-electron chi connectivity index (χ2n) is 7.58. The van der Waals surface area contributed by atoms with Crippen molar-refractivity contribution in [3.8, 4) is 0 Å². The van der Waals surface area contributed by atoms with Gasteiger partial charge in [0, 0.05) is 25.9 Å². The number of hydrogen-bond donors (Lipinski definition) is 0. The number of imidazole rings is 1. The first-order valence-corrected chi connectivity index (χ1v) is 10.9. The predicted molar refractivity (Wildman–Crippen MR) is 99.2 cm³/mol. The largest absolute Gasteiger partial charge is 0.317 e. The number of aromatic nitrogens is 2. The Morgan fingerprint density at radius 2 is 1.96 bits per heavy atom. The van der Waals surface area contributed by atoms with Gasteiger partial charge in [-0.25, -0.2) is 17.8 Å². The van der Waals surface area contributed by atoms with Gasteiger partial charge >= 0.3 is 0 Å². The minimum atomic E-state index is -3.35. The minimum absolute atomic E-state index is 0.149. The lowest BCUT2D eigenvalue weighted by Crippen LogP contribution is -2.23. The number of hydrogen-bond acceptors (Lipinski definition) is 4. The fourth-order valence-corrected chi connectivity index (χ4v) is 4.42. The van der Waals surface area contributed by atoms with Crippen LogP contribution in [0.5, 0.6) is 0 Å². The molecule has 1 aromatic heterocycles. The normalized spacial score (nSPS) is 18.7. The summed E-state index contributed by atoms with van der Waals surface area (Å²) in [5, 5.41) is 0.149. The first kappa shape index (κ1) is 19.0. The number of benzene rings is 1. The molecular formula is C19H26FN3O2S. The van der Waals surface area contributed by atoms with Crippen LogP contribution in [0.1, 0.15) is 37.4 Å². The quantitative estimate of drug-likeness (QED) is 0.774. The van der Waals surface area contributed by atoms with Crippen LogP contribution >= 0.6 is 0 Å². The lowest BCUT2D eigenvalue weighted by atomic mass is 9.99. The van der Waals surface area contributed by atoms with Gasteiger partial charge in [0.25, 0.3) is 0 Å².